The highest BCUT2D eigenvalue weighted by Gasteiger charge is 2.28. The van der Waals surface area contributed by atoms with Crippen LogP contribution in [0.2, 0.25) is 0 Å². The number of fused-ring (bicyclic) bond motifs is 2. The first-order chi connectivity index (χ1) is 18.2. The molecule has 3 heterocycles. The summed E-state index contributed by atoms with van der Waals surface area (Å²) in [5, 5.41) is 25.3. The molecule has 1 saturated heterocycles. The molecule has 38 heavy (non-hydrogen) atoms. The minimum absolute atomic E-state index is 0.311. The van der Waals surface area contributed by atoms with Crippen LogP contribution in [0.3, 0.4) is 0 Å². The number of aliphatic hydroxyl groups excluding tert-OH is 1. The number of ether oxygens (including phenoxy) is 1. The molecule has 3 atom stereocenters. The molecule has 3 aromatic rings. The van der Waals surface area contributed by atoms with Crippen LogP contribution in [0.25, 0.3) is 16.2 Å². The lowest BCUT2D eigenvalue weighted by molar-refractivity contribution is -0.148. The first-order valence-corrected chi connectivity index (χ1v) is 13.9. The lowest BCUT2D eigenvalue weighted by atomic mass is 9.85. The van der Waals surface area contributed by atoms with E-state index in [0.717, 1.165) is 49.9 Å². The summed E-state index contributed by atoms with van der Waals surface area (Å²) in [5.74, 6) is -0.783. The molecule has 0 spiro atoms. The number of aryl methyl sites for hydroxylation is 1. The molecule has 0 radical (unpaired) electrons. The summed E-state index contributed by atoms with van der Waals surface area (Å²) in [4.78, 5) is 21.3. The molecule has 0 amide bonds. The molecule has 1 aromatic heterocycles. The van der Waals surface area contributed by atoms with Crippen LogP contribution in [0.5, 0.6) is 5.75 Å². The number of carbonyl (C=O) groups excluding carboxylic acids is 1. The van der Waals surface area contributed by atoms with Gasteiger partial charge in [-0.1, -0.05) is 24.3 Å². The number of Topliss-reactive ketones (excluding diaryl/α,β-unsaturated/α-hetero) is 1. The first-order valence-electron chi connectivity index (χ1n) is 13.0. The lowest BCUT2D eigenvalue weighted by Crippen LogP contribution is -2.45. The van der Waals surface area contributed by atoms with Crippen LogP contribution in [-0.4, -0.2) is 65.3 Å². The van der Waals surface area contributed by atoms with Gasteiger partial charge in [-0.05, 0) is 85.3 Å². The minimum Gasteiger partial charge on any atom is -0.490 e. The number of nitrogens with one attached hydrogen (secondary N) is 1. The second-order valence-corrected chi connectivity index (χ2v) is 11.0. The van der Waals surface area contributed by atoms with Gasteiger partial charge in [0.2, 0.25) is 5.78 Å². The third kappa shape index (κ3) is 6.81. The normalized spacial score (nSPS) is 19.6. The highest BCUT2D eigenvalue weighted by atomic mass is 32.1. The number of ketones is 1. The molecular formula is C30H36N2O5S. The topological polar surface area (TPSA) is 99.1 Å². The molecule has 0 aliphatic carbocycles. The Bertz CT molecular complexity index is 1310. The largest absolute Gasteiger partial charge is 0.490 e. The van der Waals surface area contributed by atoms with E-state index in [1.165, 1.54) is 21.2 Å². The predicted octanol–water partition coefficient (Wildman–Crippen LogP) is 5.32. The van der Waals surface area contributed by atoms with Crippen molar-refractivity contribution >= 4 is 44.9 Å². The Morgan fingerprint density at radius 1 is 1.26 bits per heavy atom. The van der Waals surface area contributed by atoms with Crippen molar-refractivity contribution in [1.82, 2.24) is 4.90 Å². The number of hydrogen-bond donors (Lipinski definition) is 3. The maximum Gasteiger partial charge on any atom is 0.371 e. The summed E-state index contributed by atoms with van der Waals surface area (Å²) in [6.07, 6.45) is 5.94. The number of piperidine rings is 1. The Morgan fingerprint density at radius 2 is 2.05 bits per heavy atom. The number of aliphatic hydroxyl groups is 1. The van der Waals surface area contributed by atoms with Gasteiger partial charge in [-0.15, -0.1) is 11.3 Å². The molecule has 0 bridgehead atoms. The molecule has 3 N–H and O–H groups in total. The van der Waals surface area contributed by atoms with E-state index in [4.69, 9.17) is 9.84 Å². The van der Waals surface area contributed by atoms with Crippen LogP contribution in [0.1, 0.15) is 49.3 Å². The summed E-state index contributed by atoms with van der Waals surface area (Å²) in [7, 11) is 0. The van der Waals surface area contributed by atoms with Crippen molar-refractivity contribution in [3.63, 3.8) is 0 Å². The number of carboxylic acids is 1. The Balaban J connectivity index is 0.000000505. The molecule has 1 fully saturated rings. The molecule has 2 aromatic carbocycles. The maximum atomic E-state index is 10.7. The summed E-state index contributed by atoms with van der Waals surface area (Å²) in [6.45, 7) is 8.31. The van der Waals surface area contributed by atoms with Crippen molar-refractivity contribution in [2.24, 2.45) is 0 Å². The third-order valence-electron chi connectivity index (χ3n) is 7.21. The molecule has 2 aliphatic heterocycles. The van der Waals surface area contributed by atoms with E-state index >= 15 is 0 Å². The standard InChI is InChI=1S/C27H32N2O2S.C3H4O3/c1-18-17-32-27-9-8-20(14-24(18)27)21-10-12-29(19(2)13-21)15-22(30)16-31-26-7-3-6-25-23(26)5-4-11-28-25;1-2(4)3(5)6/h3-9,14,17,19,21-22,28,30H,10-13,15-16H2,1-2H3;1H3,(H,5,6). The summed E-state index contributed by atoms with van der Waals surface area (Å²) < 4.78 is 7.39. The van der Waals surface area contributed by atoms with E-state index in [2.05, 4.69) is 65.9 Å². The van der Waals surface area contributed by atoms with E-state index < -0.39 is 17.9 Å². The van der Waals surface area contributed by atoms with Gasteiger partial charge >= 0.3 is 5.97 Å². The van der Waals surface area contributed by atoms with Gasteiger partial charge in [0, 0.05) is 42.0 Å². The van der Waals surface area contributed by atoms with Gasteiger partial charge < -0.3 is 20.3 Å². The summed E-state index contributed by atoms with van der Waals surface area (Å²) in [6, 6.07) is 13.5. The number of hydrogen-bond acceptors (Lipinski definition) is 7. The van der Waals surface area contributed by atoms with Gasteiger partial charge in [-0.25, -0.2) is 4.79 Å². The monoisotopic (exact) mass is 536 g/mol. The van der Waals surface area contributed by atoms with Crippen molar-refractivity contribution < 1.29 is 24.5 Å². The van der Waals surface area contributed by atoms with E-state index in [9.17, 15) is 14.7 Å². The number of carbonyl (C=O) groups is 2. The highest BCUT2D eigenvalue weighted by Crippen LogP contribution is 2.35. The van der Waals surface area contributed by atoms with Crippen molar-refractivity contribution in [1.29, 1.82) is 0 Å². The van der Waals surface area contributed by atoms with E-state index in [0.29, 0.717) is 25.1 Å². The Labute approximate surface area is 227 Å². The second kappa shape index (κ2) is 12.6. The second-order valence-electron chi connectivity index (χ2n) is 10.1. The first kappa shape index (κ1) is 27.8. The summed E-state index contributed by atoms with van der Waals surface area (Å²) in [5.41, 5.74) is 5.00. The van der Waals surface area contributed by atoms with Crippen molar-refractivity contribution in [2.75, 3.05) is 31.6 Å². The van der Waals surface area contributed by atoms with Crippen LogP contribution >= 0.6 is 11.3 Å². The fourth-order valence-corrected chi connectivity index (χ4v) is 6.00. The van der Waals surface area contributed by atoms with Gasteiger partial charge in [0.25, 0.3) is 0 Å². The van der Waals surface area contributed by atoms with Crippen molar-refractivity contribution in [2.45, 2.75) is 51.7 Å². The maximum absolute atomic E-state index is 10.7. The Kier molecular flexibility index (Phi) is 9.20. The number of likely N-dealkylation sites (tertiary alicyclic amines) is 1. The number of thiophene rings is 1. The van der Waals surface area contributed by atoms with Gasteiger partial charge in [0.15, 0.2) is 0 Å². The fourth-order valence-electron chi connectivity index (χ4n) is 5.07. The summed E-state index contributed by atoms with van der Waals surface area (Å²) >= 11 is 1.83. The zero-order valence-electron chi connectivity index (χ0n) is 22.1. The van der Waals surface area contributed by atoms with Crippen LogP contribution < -0.4 is 10.1 Å². The number of aliphatic carboxylic acids is 1. The van der Waals surface area contributed by atoms with Crippen LogP contribution in [0, 0.1) is 6.92 Å². The SMILES string of the molecule is CC(=O)C(=O)O.Cc1csc2ccc(C3CCN(CC(O)COc4cccc5c4C=CCN5)C(C)C3)cc12. The molecule has 7 nitrogen and oxygen atoms in total. The molecule has 202 valence electrons. The van der Waals surface area contributed by atoms with Crippen LogP contribution in [-0.2, 0) is 9.59 Å². The number of β-amino-alcohol motifs (C(OH)–C–C–N with tert-alkyl or cyclic N) is 1. The van der Waals surface area contributed by atoms with Gasteiger partial charge in [0.05, 0.1) is 0 Å². The van der Waals surface area contributed by atoms with E-state index in [1.807, 2.05) is 23.5 Å². The molecule has 5 rings (SSSR count). The number of nitrogens with zero attached hydrogens (tertiary/aromatic N) is 1. The Morgan fingerprint density at radius 3 is 2.79 bits per heavy atom. The van der Waals surface area contributed by atoms with Crippen LogP contribution in [0.15, 0.2) is 47.9 Å². The zero-order chi connectivity index (χ0) is 27.2. The van der Waals surface area contributed by atoms with Crippen LogP contribution in [0.4, 0.5) is 5.69 Å². The van der Waals surface area contributed by atoms with Gasteiger partial charge in [-0.3, -0.25) is 9.69 Å². The average molecular weight is 537 g/mol. The number of carboxylic acid groups (broad SMARTS) is 1. The molecule has 3 unspecified atom stereocenters. The van der Waals surface area contributed by atoms with E-state index in [-0.39, 0.29) is 0 Å². The Hall–Kier alpha value is -3.20. The van der Waals surface area contributed by atoms with Crippen molar-refractivity contribution in [3.05, 3.63) is 64.5 Å². The lowest BCUT2D eigenvalue weighted by Gasteiger charge is -2.39. The third-order valence-corrected chi connectivity index (χ3v) is 8.30. The van der Waals surface area contributed by atoms with Crippen molar-refractivity contribution in [3.8, 4) is 5.75 Å². The average Bonchev–Trinajstić information content (AvgIpc) is 3.28. The van der Waals surface area contributed by atoms with Gasteiger partial charge in [0.1, 0.15) is 18.5 Å². The smallest absolute Gasteiger partial charge is 0.371 e. The zero-order valence-corrected chi connectivity index (χ0v) is 23.0. The molecular weight excluding hydrogens is 500 g/mol. The molecule has 0 saturated carbocycles. The quantitative estimate of drug-likeness (QED) is 0.352. The number of anilines is 1. The molecule has 8 heteroatoms. The molecule has 2 aliphatic rings. The minimum atomic E-state index is -1.38. The number of rotatable bonds is 7. The van der Waals surface area contributed by atoms with Gasteiger partial charge in [-0.2, -0.15) is 0 Å². The number of benzene rings is 2. The highest BCUT2D eigenvalue weighted by molar-refractivity contribution is 7.17. The van der Waals surface area contributed by atoms with E-state index in [1.54, 1.807) is 0 Å². The fraction of sp³-hybridized carbons (Fsp3) is 0.400. The predicted molar refractivity (Wildman–Crippen MR) is 153 cm³/mol.